The molecule has 6 nitrogen and oxygen atoms in total. The quantitative estimate of drug-likeness (QED) is 0.801. The number of hydrogen-bond acceptors (Lipinski definition) is 5. The lowest BCUT2D eigenvalue weighted by atomic mass is 10.2. The van der Waals surface area contributed by atoms with Crippen molar-refractivity contribution in [3.8, 4) is 0 Å². The summed E-state index contributed by atoms with van der Waals surface area (Å²) in [5.74, 6) is 0.942. The molecule has 2 aromatic heterocycles. The maximum Gasteiger partial charge on any atom is 0.229 e. The molecule has 3 aromatic rings. The molecule has 0 spiro atoms. The van der Waals surface area contributed by atoms with Gasteiger partial charge < -0.3 is 10.2 Å². The summed E-state index contributed by atoms with van der Waals surface area (Å²) in [5, 5.41) is 8.17. The molecule has 1 aliphatic heterocycles. The van der Waals surface area contributed by atoms with E-state index in [0.717, 1.165) is 42.5 Å². The monoisotopic (exact) mass is 326 g/mol. The molecule has 0 unspecified atom stereocenters. The molecular formula is C17H19FN6. The number of halogens is 1. The summed E-state index contributed by atoms with van der Waals surface area (Å²) in [4.78, 5) is 11.4. The van der Waals surface area contributed by atoms with Crippen LogP contribution in [0.5, 0.6) is 0 Å². The van der Waals surface area contributed by atoms with Crippen LogP contribution in [0.25, 0.3) is 11.0 Å². The van der Waals surface area contributed by atoms with E-state index in [0.29, 0.717) is 17.5 Å². The molecule has 3 heterocycles. The van der Waals surface area contributed by atoms with E-state index in [1.54, 1.807) is 23.0 Å². The van der Waals surface area contributed by atoms with Crippen molar-refractivity contribution in [3.05, 3.63) is 35.8 Å². The van der Waals surface area contributed by atoms with Crippen LogP contribution in [-0.2, 0) is 7.05 Å². The first-order valence-corrected chi connectivity index (χ1v) is 8.10. The molecule has 4 rings (SSSR count). The Balaban J connectivity index is 1.82. The van der Waals surface area contributed by atoms with E-state index in [9.17, 15) is 4.39 Å². The first-order valence-electron chi connectivity index (χ1n) is 8.10. The van der Waals surface area contributed by atoms with E-state index >= 15 is 0 Å². The van der Waals surface area contributed by atoms with Crippen molar-refractivity contribution < 1.29 is 4.39 Å². The molecular weight excluding hydrogens is 307 g/mol. The van der Waals surface area contributed by atoms with Gasteiger partial charge in [-0.3, -0.25) is 4.68 Å². The van der Waals surface area contributed by atoms with Crippen LogP contribution < -0.4 is 10.2 Å². The van der Waals surface area contributed by atoms with Crippen LogP contribution in [0.4, 0.5) is 21.8 Å². The van der Waals surface area contributed by atoms with Crippen LogP contribution in [0, 0.1) is 12.7 Å². The highest BCUT2D eigenvalue weighted by atomic mass is 19.1. The highest BCUT2D eigenvalue weighted by molar-refractivity contribution is 5.89. The van der Waals surface area contributed by atoms with Gasteiger partial charge in [0.25, 0.3) is 0 Å². The van der Waals surface area contributed by atoms with E-state index < -0.39 is 0 Å². The van der Waals surface area contributed by atoms with Crippen molar-refractivity contribution >= 4 is 28.5 Å². The third-order valence-electron chi connectivity index (χ3n) is 4.34. The molecule has 0 amide bonds. The van der Waals surface area contributed by atoms with E-state index in [2.05, 4.69) is 25.3 Å². The van der Waals surface area contributed by atoms with Crippen molar-refractivity contribution in [1.82, 2.24) is 19.7 Å². The van der Waals surface area contributed by atoms with E-state index in [-0.39, 0.29) is 5.82 Å². The van der Waals surface area contributed by atoms with Gasteiger partial charge in [-0.1, -0.05) is 6.07 Å². The minimum Gasteiger partial charge on any atom is -0.341 e. The third kappa shape index (κ3) is 2.55. The second kappa shape index (κ2) is 5.74. The van der Waals surface area contributed by atoms with Crippen LogP contribution in [0.15, 0.2) is 24.4 Å². The Hall–Kier alpha value is -2.70. The first kappa shape index (κ1) is 14.9. The van der Waals surface area contributed by atoms with E-state index in [1.807, 2.05) is 14.0 Å². The predicted molar refractivity (Wildman–Crippen MR) is 92.2 cm³/mol. The fourth-order valence-corrected chi connectivity index (χ4v) is 3.03. The largest absolute Gasteiger partial charge is 0.341 e. The van der Waals surface area contributed by atoms with Gasteiger partial charge in [-0.25, -0.2) is 4.39 Å². The van der Waals surface area contributed by atoms with Gasteiger partial charge in [0.05, 0.1) is 17.3 Å². The Bertz CT molecular complexity index is 897. The zero-order valence-corrected chi connectivity index (χ0v) is 13.8. The zero-order valence-electron chi connectivity index (χ0n) is 13.8. The highest BCUT2D eigenvalue weighted by Gasteiger charge is 2.19. The first-order chi connectivity index (χ1) is 11.6. The van der Waals surface area contributed by atoms with Crippen LogP contribution >= 0.6 is 0 Å². The molecule has 1 aromatic carbocycles. The predicted octanol–water partition coefficient (Wildman–Crippen LogP) is 3.15. The number of benzene rings is 1. The minimum atomic E-state index is -0.307. The number of hydrogen-bond donors (Lipinski definition) is 1. The maximum absolute atomic E-state index is 14.1. The van der Waals surface area contributed by atoms with Gasteiger partial charge in [-0.2, -0.15) is 15.1 Å². The summed E-state index contributed by atoms with van der Waals surface area (Å²) in [6.07, 6.45) is 3.99. The lowest BCUT2D eigenvalue weighted by Crippen LogP contribution is -2.21. The summed E-state index contributed by atoms with van der Waals surface area (Å²) < 4.78 is 15.8. The van der Waals surface area contributed by atoms with Crippen LogP contribution in [-0.4, -0.2) is 32.8 Å². The zero-order chi connectivity index (χ0) is 16.7. The third-order valence-corrected chi connectivity index (χ3v) is 4.34. The number of anilines is 3. The van der Waals surface area contributed by atoms with Gasteiger partial charge in [0, 0.05) is 20.1 Å². The summed E-state index contributed by atoms with van der Waals surface area (Å²) >= 11 is 0. The molecule has 0 bridgehead atoms. The number of nitrogens with one attached hydrogen (secondary N) is 1. The topological polar surface area (TPSA) is 58.9 Å². The number of aryl methyl sites for hydroxylation is 2. The average Bonchev–Trinajstić information content (AvgIpc) is 3.21. The number of fused-ring (bicyclic) bond motifs is 1. The molecule has 0 radical (unpaired) electrons. The van der Waals surface area contributed by atoms with Gasteiger partial charge in [-0.05, 0) is 37.5 Å². The van der Waals surface area contributed by atoms with Crippen LogP contribution in [0.2, 0.25) is 0 Å². The summed E-state index contributed by atoms with van der Waals surface area (Å²) in [7, 11) is 1.85. The lowest BCUT2D eigenvalue weighted by Gasteiger charge is -2.17. The van der Waals surface area contributed by atoms with Gasteiger partial charge in [-0.15, -0.1) is 0 Å². The number of nitrogens with zero attached hydrogens (tertiary/aromatic N) is 5. The fraction of sp³-hybridized carbons (Fsp3) is 0.353. The van der Waals surface area contributed by atoms with Crippen molar-refractivity contribution in [1.29, 1.82) is 0 Å². The molecule has 1 saturated heterocycles. The Morgan fingerprint density at radius 3 is 2.75 bits per heavy atom. The SMILES string of the molecule is Cc1ccc(F)c(Nc2nc(N3CCCC3)nc3c2cnn3C)c1. The smallest absolute Gasteiger partial charge is 0.229 e. The van der Waals surface area contributed by atoms with Gasteiger partial charge in [0.15, 0.2) is 5.65 Å². The molecule has 0 aliphatic carbocycles. The normalized spacial score (nSPS) is 14.5. The number of aromatic nitrogens is 4. The Morgan fingerprint density at radius 1 is 1.17 bits per heavy atom. The van der Waals surface area contributed by atoms with Crippen LogP contribution in [0.3, 0.4) is 0 Å². The highest BCUT2D eigenvalue weighted by Crippen LogP contribution is 2.28. The van der Waals surface area contributed by atoms with Crippen molar-refractivity contribution in [2.75, 3.05) is 23.3 Å². The van der Waals surface area contributed by atoms with Crippen molar-refractivity contribution in [2.45, 2.75) is 19.8 Å². The van der Waals surface area contributed by atoms with Crippen molar-refractivity contribution in [2.24, 2.45) is 7.05 Å². The van der Waals surface area contributed by atoms with E-state index in [4.69, 9.17) is 0 Å². The number of rotatable bonds is 3. The average molecular weight is 326 g/mol. The molecule has 1 fully saturated rings. The molecule has 124 valence electrons. The lowest BCUT2D eigenvalue weighted by molar-refractivity contribution is 0.631. The second-order valence-corrected chi connectivity index (χ2v) is 6.18. The molecule has 1 N–H and O–H groups in total. The summed E-state index contributed by atoms with van der Waals surface area (Å²) in [6.45, 7) is 3.82. The maximum atomic E-state index is 14.1. The summed E-state index contributed by atoms with van der Waals surface area (Å²) in [5.41, 5.74) is 2.13. The van der Waals surface area contributed by atoms with Crippen molar-refractivity contribution in [3.63, 3.8) is 0 Å². The summed E-state index contributed by atoms with van der Waals surface area (Å²) in [6, 6.07) is 4.98. The molecule has 7 heteroatoms. The Kier molecular flexibility index (Phi) is 3.55. The standard InChI is InChI=1S/C17H19FN6/c1-11-5-6-13(18)14(9-11)20-15-12-10-19-23(2)16(12)22-17(21-15)24-7-3-4-8-24/h5-6,9-10H,3-4,7-8H2,1-2H3,(H,20,21,22). The van der Waals surface area contributed by atoms with Gasteiger partial charge in [0.2, 0.25) is 5.95 Å². The van der Waals surface area contributed by atoms with Gasteiger partial charge >= 0.3 is 0 Å². The molecule has 0 saturated carbocycles. The van der Waals surface area contributed by atoms with Gasteiger partial charge in [0.1, 0.15) is 11.6 Å². The van der Waals surface area contributed by atoms with Crippen LogP contribution in [0.1, 0.15) is 18.4 Å². The van der Waals surface area contributed by atoms with E-state index in [1.165, 1.54) is 6.07 Å². The second-order valence-electron chi connectivity index (χ2n) is 6.18. The minimum absolute atomic E-state index is 0.307. The molecule has 24 heavy (non-hydrogen) atoms. The molecule has 1 aliphatic rings. The Morgan fingerprint density at radius 2 is 1.96 bits per heavy atom. The fourth-order valence-electron chi connectivity index (χ4n) is 3.03. The Labute approximate surface area is 139 Å². The molecule has 0 atom stereocenters.